The van der Waals surface area contributed by atoms with Gasteiger partial charge in [0.2, 0.25) is 6.10 Å². The molecule has 1 aromatic rings. The predicted octanol–water partition coefficient (Wildman–Crippen LogP) is 3.77. The number of hydrogen-bond donors (Lipinski definition) is 4. The molecule has 0 amide bonds. The van der Waals surface area contributed by atoms with Crippen LogP contribution in [0.1, 0.15) is 37.7 Å². The molecular weight excluding hydrogens is 388 g/mol. The zero-order valence-electron chi connectivity index (χ0n) is 16.5. The van der Waals surface area contributed by atoms with Crippen LogP contribution in [-0.4, -0.2) is 38.5 Å². The number of aliphatic hydroxyl groups is 1. The van der Waals surface area contributed by atoms with Crippen LogP contribution in [-0.2, 0) is 20.7 Å². The van der Waals surface area contributed by atoms with E-state index in [1.165, 1.54) is 24.3 Å². The molecule has 0 spiro atoms. The van der Waals surface area contributed by atoms with E-state index in [1.54, 1.807) is 18.2 Å². The lowest BCUT2D eigenvalue weighted by Gasteiger charge is -2.28. The molecule has 30 heavy (non-hydrogen) atoms. The molecule has 160 valence electrons. The molecule has 1 saturated carbocycles. The molecule has 0 aliphatic heterocycles. The Balaban J connectivity index is 1.66. The second-order valence-corrected chi connectivity index (χ2v) is 7.73. The highest BCUT2D eigenvalue weighted by molar-refractivity contribution is 5.85. The van der Waals surface area contributed by atoms with Gasteiger partial charge in [-0.1, -0.05) is 37.5 Å². The molecule has 0 heterocycles. The molecule has 0 radical (unpaired) electrons. The van der Waals surface area contributed by atoms with E-state index in [0.29, 0.717) is 11.3 Å². The van der Waals surface area contributed by atoms with Crippen LogP contribution in [0.15, 0.2) is 53.8 Å². The SMILES string of the molecule is O=C(/C=C/C1=CC=C(O)C2CCCCCC12)OC(Cc1ccc(O)c(O)c1)C(=O)O. The number of ether oxygens (including phenoxy) is 1. The van der Waals surface area contributed by atoms with E-state index in [4.69, 9.17) is 4.74 Å². The topological polar surface area (TPSA) is 124 Å². The van der Waals surface area contributed by atoms with Gasteiger partial charge < -0.3 is 25.2 Å². The predicted molar refractivity (Wildman–Crippen MR) is 109 cm³/mol. The van der Waals surface area contributed by atoms with Gasteiger partial charge in [-0.3, -0.25) is 0 Å². The summed E-state index contributed by atoms with van der Waals surface area (Å²) in [7, 11) is 0. The molecule has 0 saturated heterocycles. The fourth-order valence-corrected chi connectivity index (χ4v) is 4.10. The third kappa shape index (κ3) is 5.23. The summed E-state index contributed by atoms with van der Waals surface area (Å²) in [6, 6.07) is 3.92. The van der Waals surface area contributed by atoms with Gasteiger partial charge >= 0.3 is 11.9 Å². The third-order valence-corrected chi connectivity index (χ3v) is 5.68. The number of phenolic OH excluding ortho intramolecular Hbond substituents is 2. The van der Waals surface area contributed by atoms with Crippen molar-refractivity contribution in [1.29, 1.82) is 0 Å². The minimum Gasteiger partial charge on any atom is -0.512 e. The highest BCUT2D eigenvalue weighted by Gasteiger charge is 2.31. The van der Waals surface area contributed by atoms with Crippen molar-refractivity contribution in [2.75, 3.05) is 0 Å². The summed E-state index contributed by atoms with van der Waals surface area (Å²) >= 11 is 0. The van der Waals surface area contributed by atoms with Gasteiger partial charge in [0.1, 0.15) is 0 Å². The lowest BCUT2D eigenvalue weighted by Crippen LogP contribution is -2.28. The summed E-state index contributed by atoms with van der Waals surface area (Å²) in [5.41, 5.74) is 1.33. The number of phenols is 2. The highest BCUT2D eigenvalue weighted by Crippen LogP contribution is 2.40. The number of aliphatic hydroxyl groups excluding tert-OH is 1. The number of rotatable bonds is 6. The average Bonchev–Trinajstić information content (AvgIpc) is 2.96. The summed E-state index contributed by atoms with van der Waals surface area (Å²) in [5.74, 6) is -2.21. The standard InChI is InChI=1S/C23H26O7/c24-18-10-7-15(16-4-2-1-3-5-17(16)18)8-11-22(27)30-21(23(28)29)13-14-6-9-19(25)20(26)12-14/h6-12,16-17,21,24-26H,1-5,13H2,(H,28,29)/b11-8+. The van der Waals surface area contributed by atoms with Gasteiger partial charge in [0, 0.05) is 18.4 Å². The third-order valence-electron chi connectivity index (χ3n) is 5.68. The number of carboxylic acid groups (broad SMARTS) is 1. The Hall–Kier alpha value is -3.22. The van der Waals surface area contributed by atoms with Crippen molar-refractivity contribution < 1.29 is 34.8 Å². The molecule has 2 aliphatic carbocycles. The number of fused-ring (bicyclic) bond motifs is 1. The maximum atomic E-state index is 12.3. The van der Waals surface area contributed by atoms with E-state index in [-0.39, 0.29) is 29.8 Å². The van der Waals surface area contributed by atoms with Crippen LogP contribution in [0.4, 0.5) is 0 Å². The van der Waals surface area contributed by atoms with Gasteiger partial charge in [-0.2, -0.15) is 0 Å². The Bertz CT molecular complexity index is 897. The summed E-state index contributed by atoms with van der Waals surface area (Å²) in [6.07, 6.45) is 9.80. The Kier molecular flexibility index (Phi) is 6.82. The first-order chi connectivity index (χ1) is 14.3. The van der Waals surface area contributed by atoms with Crippen LogP contribution in [0.3, 0.4) is 0 Å². The number of carboxylic acids is 1. The van der Waals surface area contributed by atoms with E-state index < -0.39 is 18.0 Å². The van der Waals surface area contributed by atoms with Crippen molar-refractivity contribution in [1.82, 2.24) is 0 Å². The van der Waals surface area contributed by atoms with E-state index in [0.717, 1.165) is 37.7 Å². The molecule has 2 aliphatic rings. The maximum absolute atomic E-state index is 12.3. The first-order valence-corrected chi connectivity index (χ1v) is 10.1. The number of aliphatic carboxylic acids is 1. The second kappa shape index (κ2) is 9.52. The monoisotopic (exact) mass is 414 g/mol. The van der Waals surface area contributed by atoms with Crippen LogP contribution in [0.25, 0.3) is 0 Å². The molecule has 1 fully saturated rings. The number of benzene rings is 1. The van der Waals surface area contributed by atoms with Gasteiger partial charge in [0.05, 0.1) is 5.76 Å². The zero-order chi connectivity index (χ0) is 21.7. The first-order valence-electron chi connectivity index (χ1n) is 10.1. The number of allylic oxidation sites excluding steroid dienone is 5. The lowest BCUT2D eigenvalue weighted by molar-refractivity contribution is -0.160. The van der Waals surface area contributed by atoms with Crippen molar-refractivity contribution in [3.8, 4) is 11.5 Å². The van der Waals surface area contributed by atoms with Crippen LogP contribution in [0.2, 0.25) is 0 Å². The maximum Gasteiger partial charge on any atom is 0.345 e. The molecule has 3 rings (SSSR count). The van der Waals surface area contributed by atoms with Crippen LogP contribution < -0.4 is 0 Å². The van der Waals surface area contributed by atoms with Crippen molar-refractivity contribution in [2.45, 2.75) is 44.6 Å². The van der Waals surface area contributed by atoms with Gasteiger partial charge in [-0.15, -0.1) is 0 Å². The van der Waals surface area contributed by atoms with Crippen molar-refractivity contribution in [3.05, 3.63) is 59.4 Å². The summed E-state index contributed by atoms with van der Waals surface area (Å²) in [4.78, 5) is 23.7. The number of esters is 1. The van der Waals surface area contributed by atoms with Crippen molar-refractivity contribution in [2.24, 2.45) is 11.8 Å². The minimum absolute atomic E-state index is 0.0575. The van der Waals surface area contributed by atoms with E-state index in [1.807, 2.05) is 0 Å². The largest absolute Gasteiger partial charge is 0.512 e. The number of carbonyl (C=O) groups is 2. The summed E-state index contributed by atoms with van der Waals surface area (Å²) < 4.78 is 5.10. The van der Waals surface area contributed by atoms with Crippen LogP contribution in [0, 0.1) is 11.8 Å². The summed E-state index contributed by atoms with van der Waals surface area (Å²) in [5, 5.41) is 38.5. The Labute approximate surface area is 174 Å². The number of hydrogen-bond acceptors (Lipinski definition) is 6. The van der Waals surface area contributed by atoms with E-state index >= 15 is 0 Å². The summed E-state index contributed by atoms with van der Waals surface area (Å²) in [6.45, 7) is 0. The fraction of sp³-hybridized carbons (Fsp3) is 0.391. The Morgan fingerprint density at radius 3 is 2.47 bits per heavy atom. The number of carbonyl (C=O) groups excluding carboxylic acids is 1. The molecule has 1 aromatic carbocycles. The molecule has 3 unspecified atom stereocenters. The Morgan fingerprint density at radius 2 is 1.77 bits per heavy atom. The molecule has 0 aromatic heterocycles. The van der Waals surface area contributed by atoms with E-state index in [2.05, 4.69) is 0 Å². The smallest absolute Gasteiger partial charge is 0.345 e. The first kappa shape index (κ1) is 21.5. The quantitative estimate of drug-likeness (QED) is 0.317. The lowest BCUT2D eigenvalue weighted by atomic mass is 9.78. The molecule has 4 N–H and O–H groups in total. The number of aromatic hydroxyl groups is 2. The zero-order valence-corrected chi connectivity index (χ0v) is 16.5. The Morgan fingerprint density at radius 1 is 1.03 bits per heavy atom. The van der Waals surface area contributed by atoms with Crippen LogP contribution in [0.5, 0.6) is 11.5 Å². The van der Waals surface area contributed by atoms with Crippen molar-refractivity contribution in [3.63, 3.8) is 0 Å². The normalized spacial score (nSPS) is 22.4. The average molecular weight is 414 g/mol. The van der Waals surface area contributed by atoms with Crippen LogP contribution >= 0.6 is 0 Å². The fourth-order valence-electron chi connectivity index (χ4n) is 4.10. The van der Waals surface area contributed by atoms with Gasteiger partial charge in [0.25, 0.3) is 0 Å². The molecular formula is C23H26O7. The molecule has 0 bridgehead atoms. The van der Waals surface area contributed by atoms with Crippen molar-refractivity contribution >= 4 is 11.9 Å². The molecule has 3 atom stereocenters. The molecule has 7 nitrogen and oxygen atoms in total. The van der Waals surface area contributed by atoms with E-state index in [9.17, 15) is 30.0 Å². The minimum atomic E-state index is -1.43. The van der Waals surface area contributed by atoms with Gasteiger partial charge in [-0.25, -0.2) is 9.59 Å². The molecule has 7 heteroatoms. The van der Waals surface area contributed by atoms with Gasteiger partial charge in [0.15, 0.2) is 11.5 Å². The van der Waals surface area contributed by atoms with Gasteiger partial charge in [-0.05, 0) is 48.1 Å². The second-order valence-electron chi connectivity index (χ2n) is 7.73. The highest BCUT2D eigenvalue weighted by atomic mass is 16.6.